The molecule has 0 saturated carbocycles. The number of pyridine rings is 1. The molecule has 0 spiro atoms. The summed E-state index contributed by atoms with van der Waals surface area (Å²) in [6, 6.07) is 18.8. The zero-order valence-corrected chi connectivity index (χ0v) is 12.8. The third kappa shape index (κ3) is 2.00. The molecule has 0 radical (unpaired) electrons. The van der Waals surface area contributed by atoms with Crippen LogP contribution in [-0.4, -0.2) is 0 Å². The first-order chi connectivity index (χ1) is 10.7. The highest BCUT2D eigenvalue weighted by molar-refractivity contribution is 5.71. The second-order valence-electron chi connectivity index (χ2n) is 5.82. The molecule has 2 heteroatoms. The topological polar surface area (TPSA) is 13.1 Å². The summed E-state index contributed by atoms with van der Waals surface area (Å²) in [4.78, 5) is 0. The minimum Gasteiger partial charge on any atom is -0.457 e. The highest BCUT2D eigenvalue weighted by Gasteiger charge is 2.24. The number of fused-ring (bicyclic) bond motifs is 2. The van der Waals surface area contributed by atoms with Crippen LogP contribution in [0.5, 0.6) is 11.5 Å². The molecule has 1 aromatic heterocycles. The molecule has 0 unspecified atom stereocenters. The maximum atomic E-state index is 6.13. The Labute approximate surface area is 130 Å². The van der Waals surface area contributed by atoms with E-state index >= 15 is 0 Å². The standard InChI is InChI=1S/C20H18NO/c1-14-10-11-19-16(13-15-7-3-4-9-18(15)22-19)20(14)17-8-5-6-12-21(17)2/h3-12H,13H2,1-2H3/q+1. The van der Waals surface area contributed by atoms with Gasteiger partial charge in [-0.05, 0) is 36.2 Å². The van der Waals surface area contributed by atoms with Crippen LogP contribution in [-0.2, 0) is 13.5 Å². The molecule has 0 atom stereocenters. The molecule has 4 rings (SSSR count). The lowest BCUT2D eigenvalue weighted by Gasteiger charge is -2.23. The minimum absolute atomic E-state index is 0.914. The van der Waals surface area contributed by atoms with Crippen LogP contribution in [0.4, 0.5) is 0 Å². The van der Waals surface area contributed by atoms with Gasteiger partial charge in [-0.15, -0.1) is 0 Å². The highest BCUT2D eigenvalue weighted by Crippen LogP contribution is 2.41. The minimum atomic E-state index is 0.914. The molecule has 0 aliphatic carbocycles. The second-order valence-corrected chi connectivity index (χ2v) is 5.82. The highest BCUT2D eigenvalue weighted by atomic mass is 16.5. The molecule has 0 fully saturated rings. The summed E-state index contributed by atoms with van der Waals surface area (Å²) in [6.07, 6.45) is 3.00. The van der Waals surface area contributed by atoms with Gasteiger partial charge in [0.25, 0.3) is 0 Å². The van der Waals surface area contributed by atoms with Gasteiger partial charge in [0, 0.05) is 24.1 Å². The van der Waals surface area contributed by atoms with Crippen molar-refractivity contribution in [1.29, 1.82) is 0 Å². The SMILES string of the molecule is Cc1ccc2c(c1-c1cccc[n+]1C)Cc1ccccc1O2. The quantitative estimate of drug-likeness (QED) is 0.479. The number of hydrogen-bond acceptors (Lipinski definition) is 1. The van der Waals surface area contributed by atoms with Gasteiger partial charge >= 0.3 is 0 Å². The van der Waals surface area contributed by atoms with Crippen molar-refractivity contribution in [3.63, 3.8) is 0 Å². The van der Waals surface area contributed by atoms with Crippen molar-refractivity contribution in [2.45, 2.75) is 13.3 Å². The molecule has 0 bridgehead atoms. The molecule has 2 heterocycles. The Hall–Kier alpha value is -2.61. The number of aromatic nitrogens is 1. The van der Waals surface area contributed by atoms with E-state index in [-0.39, 0.29) is 0 Å². The number of aryl methyl sites for hydroxylation is 2. The fourth-order valence-corrected chi connectivity index (χ4v) is 3.21. The molecular weight excluding hydrogens is 270 g/mol. The fourth-order valence-electron chi connectivity index (χ4n) is 3.21. The maximum Gasteiger partial charge on any atom is 0.212 e. The Bertz CT molecular complexity index is 867. The van der Waals surface area contributed by atoms with Gasteiger partial charge in [-0.25, -0.2) is 4.57 Å². The number of rotatable bonds is 1. The van der Waals surface area contributed by atoms with Gasteiger partial charge in [0.1, 0.15) is 18.5 Å². The van der Waals surface area contributed by atoms with E-state index in [0.717, 1.165) is 17.9 Å². The smallest absolute Gasteiger partial charge is 0.212 e. The van der Waals surface area contributed by atoms with Gasteiger partial charge in [0.15, 0.2) is 6.20 Å². The van der Waals surface area contributed by atoms with Crippen molar-refractivity contribution in [1.82, 2.24) is 0 Å². The third-order valence-electron chi connectivity index (χ3n) is 4.35. The largest absolute Gasteiger partial charge is 0.457 e. The lowest BCUT2D eigenvalue weighted by atomic mass is 9.91. The van der Waals surface area contributed by atoms with Gasteiger partial charge in [-0.1, -0.05) is 24.3 Å². The molecule has 0 amide bonds. The van der Waals surface area contributed by atoms with Gasteiger partial charge in [0.05, 0.1) is 5.56 Å². The third-order valence-corrected chi connectivity index (χ3v) is 4.35. The van der Waals surface area contributed by atoms with Crippen molar-refractivity contribution in [3.05, 3.63) is 77.5 Å². The first-order valence-electron chi connectivity index (χ1n) is 7.57. The molecule has 0 N–H and O–H groups in total. The molecule has 2 aromatic carbocycles. The van der Waals surface area contributed by atoms with Crippen LogP contribution in [0.15, 0.2) is 60.8 Å². The normalized spacial score (nSPS) is 12.3. The Kier molecular flexibility index (Phi) is 2.97. The first kappa shape index (κ1) is 13.1. The lowest BCUT2D eigenvalue weighted by Crippen LogP contribution is -2.30. The van der Waals surface area contributed by atoms with Crippen molar-refractivity contribution in [3.8, 4) is 22.8 Å². The van der Waals surface area contributed by atoms with Crippen molar-refractivity contribution in [2.24, 2.45) is 7.05 Å². The monoisotopic (exact) mass is 288 g/mol. The Morgan fingerprint density at radius 2 is 1.73 bits per heavy atom. The van der Waals surface area contributed by atoms with Gasteiger partial charge < -0.3 is 4.74 Å². The second kappa shape index (κ2) is 4.99. The molecule has 0 saturated heterocycles. The van der Waals surface area contributed by atoms with Crippen molar-refractivity contribution < 1.29 is 9.30 Å². The van der Waals surface area contributed by atoms with E-state index in [9.17, 15) is 0 Å². The Morgan fingerprint density at radius 1 is 0.909 bits per heavy atom. The van der Waals surface area contributed by atoms with Crippen LogP contribution in [0.3, 0.4) is 0 Å². The lowest BCUT2D eigenvalue weighted by molar-refractivity contribution is -0.660. The maximum absolute atomic E-state index is 6.13. The van der Waals surface area contributed by atoms with Crippen molar-refractivity contribution in [2.75, 3.05) is 0 Å². The van der Waals surface area contributed by atoms with Gasteiger partial charge in [0.2, 0.25) is 5.69 Å². The van der Waals surface area contributed by atoms with Crippen LogP contribution in [0.1, 0.15) is 16.7 Å². The van der Waals surface area contributed by atoms with E-state index in [4.69, 9.17) is 4.74 Å². The van der Waals surface area contributed by atoms with Crippen LogP contribution in [0, 0.1) is 6.92 Å². The summed E-state index contributed by atoms with van der Waals surface area (Å²) in [5.74, 6) is 1.95. The van der Waals surface area contributed by atoms with E-state index in [2.05, 4.69) is 67.2 Å². The first-order valence-corrected chi connectivity index (χ1v) is 7.57. The number of benzene rings is 2. The van der Waals surface area contributed by atoms with E-state index in [1.165, 1.54) is 27.9 Å². The molecule has 3 aromatic rings. The number of ether oxygens (including phenoxy) is 1. The predicted octanol–water partition coefficient (Wildman–Crippen LogP) is 4.18. The summed E-state index contributed by atoms with van der Waals surface area (Å²) in [5, 5.41) is 0. The van der Waals surface area contributed by atoms with E-state index in [1.807, 2.05) is 12.1 Å². The zero-order chi connectivity index (χ0) is 15.1. The summed E-state index contributed by atoms with van der Waals surface area (Å²) >= 11 is 0. The molecule has 1 aliphatic heterocycles. The fraction of sp³-hybridized carbons (Fsp3) is 0.150. The Balaban J connectivity index is 1.94. The summed E-state index contributed by atoms with van der Waals surface area (Å²) < 4.78 is 8.29. The van der Waals surface area contributed by atoms with Crippen molar-refractivity contribution >= 4 is 0 Å². The summed E-state index contributed by atoms with van der Waals surface area (Å²) in [5.41, 5.74) is 6.32. The number of para-hydroxylation sites is 1. The average molecular weight is 288 g/mol. The van der Waals surface area contributed by atoms with E-state index in [0.29, 0.717) is 0 Å². The van der Waals surface area contributed by atoms with Crippen LogP contribution in [0.25, 0.3) is 11.3 Å². The van der Waals surface area contributed by atoms with E-state index < -0.39 is 0 Å². The molecule has 1 aliphatic rings. The molecule has 108 valence electrons. The van der Waals surface area contributed by atoms with Gasteiger partial charge in [-0.3, -0.25) is 0 Å². The molecule has 2 nitrogen and oxygen atoms in total. The van der Waals surface area contributed by atoms with Gasteiger partial charge in [-0.2, -0.15) is 0 Å². The predicted molar refractivity (Wildman–Crippen MR) is 87.1 cm³/mol. The molecule has 22 heavy (non-hydrogen) atoms. The van der Waals surface area contributed by atoms with Crippen LogP contribution < -0.4 is 9.30 Å². The van der Waals surface area contributed by atoms with Crippen LogP contribution in [0.2, 0.25) is 0 Å². The average Bonchev–Trinajstić information content (AvgIpc) is 2.54. The number of hydrogen-bond donors (Lipinski definition) is 0. The molecular formula is C20H18NO+. The number of nitrogens with zero attached hydrogens (tertiary/aromatic N) is 1. The van der Waals surface area contributed by atoms with Crippen LogP contribution >= 0.6 is 0 Å². The zero-order valence-electron chi connectivity index (χ0n) is 12.8. The summed E-state index contributed by atoms with van der Waals surface area (Å²) in [7, 11) is 2.09. The van der Waals surface area contributed by atoms with E-state index in [1.54, 1.807) is 0 Å². The summed E-state index contributed by atoms with van der Waals surface area (Å²) in [6.45, 7) is 2.17. The Morgan fingerprint density at radius 3 is 2.59 bits per heavy atom.